The third-order valence-electron chi connectivity index (χ3n) is 7.66. The number of piperidine rings is 1. The maximum atomic E-state index is 13.3. The monoisotopic (exact) mass is 578 g/mol. The predicted octanol–water partition coefficient (Wildman–Crippen LogP) is 3.66. The maximum absolute atomic E-state index is 13.3. The van der Waals surface area contributed by atoms with Crippen molar-refractivity contribution < 1.29 is 37.5 Å². The fourth-order valence-electron chi connectivity index (χ4n) is 5.20. The van der Waals surface area contributed by atoms with Gasteiger partial charge in [0, 0.05) is 18.6 Å². The summed E-state index contributed by atoms with van der Waals surface area (Å²) in [6.45, 7) is 18.2. The smallest absolute Gasteiger partial charge is 0.444 e. The van der Waals surface area contributed by atoms with Crippen molar-refractivity contribution in [2.45, 2.75) is 77.1 Å². The topological polar surface area (TPSA) is 107 Å². The summed E-state index contributed by atoms with van der Waals surface area (Å²) >= 11 is 0. The molecule has 2 heterocycles. The number of nitrogens with zero attached hydrogens (tertiary/aromatic N) is 3. The number of nitrogens with one attached hydrogen (secondary N) is 1. The summed E-state index contributed by atoms with van der Waals surface area (Å²) < 4.78 is 43.9. The molecule has 2 aliphatic rings. The first-order valence-electron chi connectivity index (χ1n) is 13.6. The van der Waals surface area contributed by atoms with E-state index in [-0.39, 0.29) is 24.1 Å². The van der Waals surface area contributed by atoms with Crippen LogP contribution in [-0.4, -0.2) is 82.7 Å². The lowest BCUT2D eigenvalue weighted by Gasteiger charge is -2.36. The van der Waals surface area contributed by atoms with Crippen molar-refractivity contribution in [2.24, 2.45) is 5.41 Å². The van der Waals surface area contributed by atoms with Gasteiger partial charge >= 0.3 is 19.4 Å². The second-order valence-electron chi connectivity index (χ2n) is 12.1. The van der Waals surface area contributed by atoms with Crippen LogP contribution in [0, 0.1) is 12.0 Å². The third kappa shape index (κ3) is 8.95. The number of alkyl carbamates (subject to hydrolysis) is 1. The molecular weight excluding hydrogens is 540 g/mol. The molecule has 1 aromatic rings. The van der Waals surface area contributed by atoms with E-state index in [1.807, 2.05) is 13.8 Å². The van der Waals surface area contributed by atoms with Crippen molar-refractivity contribution in [2.75, 3.05) is 26.2 Å². The van der Waals surface area contributed by atoms with Gasteiger partial charge in [-0.3, -0.25) is 9.69 Å². The molecule has 0 unspecified atom stereocenters. The van der Waals surface area contributed by atoms with Crippen molar-refractivity contribution in [3.8, 4) is 0 Å². The van der Waals surface area contributed by atoms with Crippen molar-refractivity contribution in [3.05, 3.63) is 58.6 Å². The number of rotatable bonds is 8. The van der Waals surface area contributed by atoms with E-state index in [0.717, 1.165) is 31.6 Å². The summed E-state index contributed by atoms with van der Waals surface area (Å²) in [6, 6.07) is 4.15. The third-order valence-corrected chi connectivity index (χ3v) is 7.66. The number of carbonyl (C=O) groups excluding carboxylic acids is 2. The molecule has 0 saturated carbocycles. The van der Waals surface area contributed by atoms with Gasteiger partial charge in [-0.2, -0.15) is 13.2 Å². The molecule has 0 bridgehead atoms. The molecular formula is C28H38BF3N4O5. The van der Waals surface area contributed by atoms with Gasteiger partial charge in [0.2, 0.25) is 5.70 Å². The quantitative estimate of drug-likeness (QED) is 0.247. The van der Waals surface area contributed by atoms with E-state index in [4.69, 9.17) is 11.3 Å². The highest BCUT2D eigenvalue weighted by atomic mass is 19.4. The summed E-state index contributed by atoms with van der Waals surface area (Å²) in [5.74, 6) is -1.68. The molecule has 2 amide bonds. The van der Waals surface area contributed by atoms with E-state index in [1.165, 1.54) is 17.0 Å². The van der Waals surface area contributed by atoms with Crippen LogP contribution in [0.15, 0.2) is 36.0 Å². The molecule has 41 heavy (non-hydrogen) atoms. The molecule has 9 nitrogen and oxygen atoms in total. The van der Waals surface area contributed by atoms with Gasteiger partial charge in [0.1, 0.15) is 6.10 Å². The molecule has 2 fully saturated rings. The lowest BCUT2D eigenvalue weighted by atomic mass is 9.76. The molecule has 0 aliphatic carbocycles. The largest absolute Gasteiger partial charge is 0.475 e. The SMILES string of the molecule is [C-]#[N+]C(=CC(C)(C)N1CCC(C)(C)C1)C(=O)N1CCC[C@H](OC(=O)N[C@@H](Cc2ccc(C(F)(F)F)cc2)B(O)O)C1. The van der Waals surface area contributed by atoms with Crippen LogP contribution in [0.5, 0.6) is 0 Å². The Morgan fingerprint density at radius 1 is 1.24 bits per heavy atom. The number of alkyl halides is 3. The van der Waals surface area contributed by atoms with E-state index >= 15 is 0 Å². The van der Waals surface area contributed by atoms with Gasteiger partial charge in [-0.15, -0.1) is 0 Å². The Bertz CT molecular complexity index is 1160. The van der Waals surface area contributed by atoms with E-state index in [0.29, 0.717) is 24.9 Å². The number of ether oxygens (including phenoxy) is 1. The minimum absolute atomic E-state index is 0.00446. The molecule has 1 aromatic carbocycles. The number of hydrogen-bond donors (Lipinski definition) is 3. The van der Waals surface area contributed by atoms with Crippen LogP contribution in [0.2, 0.25) is 0 Å². The molecule has 0 radical (unpaired) electrons. The average Bonchev–Trinajstić information content (AvgIpc) is 3.27. The average molecular weight is 578 g/mol. The van der Waals surface area contributed by atoms with Gasteiger partial charge in [-0.05, 0) is 69.2 Å². The van der Waals surface area contributed by atoms with Crippen LogP contribution in [0.3, 0.4) is 0 Å². The summed E-state index contributed by atoms with van der Waals surface area (Å²) in [7, 11) is -2.00. The van der Waals surface area contributed by atoms with Gasteiger partial charge in [0.15, 0.2) is 0 Å². The zero-order valence-corrected chi connectivity index (χ0v) is 23.9. The number of hydrogen-bond acceptors (Lipinski definition) is 6. The zero-order valence-electron chi connectivity index (χ0n) is 23.9. The van der Waals surface area contributed by atoms with Gasteiger partial charge in [0.25, 0.3) is 5.91 Å². The first kappa shape index (κ1) is 32.4. The van der Waals surface area contributed by atoms with Crippen molar-refractivity contribution in [1.82, 2.24) is 15.1 Å². The first-order valence-corrected chi connectivity index (χ1v) is 13.6. The van der Waals surface area contributed by atoms with Crippen molar-refractivity contribution >= 4 is 19.1 Å². The molecule has 3 N–H and O–H groups in total. The fourth-order valence-corrected chi connectivity index (χ4v) is 5.20. The summed E-state index contributed by atoms with van der Waals surface area (Å²) in [6.07, 6.45) is -2.55. The van der Waals surface area contributed by atoms with E-state index in [2.05, 4.69) is 28.9 Å². The second-order valence-corrected chi connectivity index (χ2v) is 12.1. The van der Waals surface area contributed by atoms with E-state index in [1.54, 1.807) is 6.08 Å². The Kier molecular flexibility index (Phi) is 10.2. The first-order chi connectivity index (χ1) is 19.0. The Hall–Kier alpha value is -3.08. The van der Waals surface area contributed by atoms with Crippen LogP contribution in [0.25, 0.3) is 4.85 Å². The summed E-state index contributed by atoms with van der Waals surface area (Å²) in [5, 5.41) is 21.8. The lowest BCUT2D eigenvalue weighted by molar-refractivity contribution is -0.137. The molecule has 2 saturated heterocycles. The minimum atomic E-state index is -4.50. The van der Waals surface area contributed by atoms with Crippen LogP contribution in [0.4, 0.5) is 18.0 Å². The van der Waals surface area contributed by atoms with Gasteiger partial charge in [-0.1, -0.05) is 32.1 Å². The Balaban J connectivity index is 1.59. The molecule has 0 aromatic heterocycles. The normalized spacial score (nSPS) is 20.7. The molecule has 0 spiro atoms. The Labute approximate surface area is 239 Å². The highest BCUT2D eigenvalue weighted by molar-refractivity contribution is 6.43. The highest BCUT2D eigenvalue weighted by Gasteiger charge is 2.38. The van der Waals surface area contributed by atoms with Crippen molar-refractivity contribution in [1.29, 1.82) is 0 Å². The number of benzene rings is 1. The Morgan fingerprint density at radius 2 is 1.90 bits per heavy atom. The lowest BCUT2D eigenvalue weighted by Crippen LogP contribution is -2.50. The maximum Gasteiger partial charge on any atom is 0.475 e. The second kappa shape index (κ2) is 12.8. The highest BCUT2D eigenvalue weighted by Crippen LogP contribution is 2.35. The molecule has 13 heteroatoms. The van der Waals surface area contributed by atoms with Crippen molar-refractivity contribution in [3.63, 3.8) is 0 Å². The van der Waals surface area contributed by atoms with Gasteiger partial charge in [0.05, 0.1) is 24.6 Å². The molecule has 224 valence electrons. The number of likely N-dealkylation sites (tertiary alicyclic amines) is 2. The van der Waals surface area contributed by atoms with Crippen LogP contribution < -0.4 is 5.32 Å². The summed E-state index contributed by atoms with van der Waals surface area (Å²) in [4.78, 5) is 33.1. The fraction of sp³-hybridized carbons (Fsp3) is 0.607. The summed E-state index contributed by atoms with van der Waals surface area (Å²) in [5.41, 5.74) is -0.823. The molecule has 3 rings (SSSR count). The van der Waals surface area contributed by atoms with Gasteiger partial charge in [-0.25, -0.2) is 9.64 Å². The van der Waals surface area contributed by atoms with Crippen LogP contribution >= 0.6 is 0 Å². The predicted molar refractivity (Wildman–Crippen MR) is 147 cm³/mol. The van der Waals surface area contributed by atoms with E-state index in [9.17, 15) is 32.8 Å². The number of amides is 2. The zero-order chi connectivity index (χ0) is 30.6. The Morgan fingerprint density at radius 3 is 2.44 bits per heavy atom. The molecule has 2 aliphatic heterocycles. The minimum Gasteiger partial charge on any atom is -0.444 e. The number of halogens is 3. The number of carbonyl (C=O) groups is 2. The van der Waals surface area contributed by atoms with Crippen LogP contribution in [0.1, 0.15) is 58.1 Å². The van der Waals surface area contributed by atoms with Gasteiger partial charge < -0.3 is 25.0 Å². The standard InChI is InChI=1S/C28H38BF3N4O5/c1-26(2)12-14-36(18-26)27(3,4)16-22(33-5)24(37)35-13-6-7-21(17-35)41-25(38)34-23(29(39)40)15-19-8-10-20(11-9-19)28(30,31)32/h8-11,16,21,23,39-40H,6-7,12-15,17-18H2,1-4H3,(H,34,38)/t21-,23-/m0/s1. The van der Waals surface area contributed by atoms with E-state index < -0.39 is 48.4 Å². The van der Waals surface area contributed by atoms with Crippen LogP contribution in [-0.2, 0) is 22.1 Å². The molecule has 2 atom stereocenters.